The molecule has 0 rings (SSSR count). The SMILES string of the molecule is CCOC(=O)C(C)CSCC(NC(=O)CCC(N)C(=O)O)C(=O)NCC(=O)OC(C)C. The first-order chi connectivity index (χ1) is 14.5. The van der Waals surface area contributed by atoms with E-state index >= 15 is 0 Å². The summed E-state index contributed by atoms with van der Waals surface area (Å²) in [7, 11) is 0. The Bertz CT molecular complexity index is 629. The van der Waals surface area contributed by atoms with E-state index < -0.39 is 41.8 Å². The van der Waals surface area contributed by atoms with Gasteiger partial charge in [0, 0.05) is 17.9 Å². The predicted molar refractivity (Wildman–Crippen MR) is 114 cm³/mol. The van der Waals surface area contributed by atoms with Crippen LogP contribution in [-0.4, -0.2) is 77.7 Å². The summed E-state index contributed by atoms with van der Waals surface area (Å²) >= 11 is 1.26. The second kappa shape index (κ2) is 15.5. The Morgan fingerprint density at radius 3 is 2.29 bits per heavy atom. The van der Waals surface area contributed by atoms with Gasteiger partial charge < -0.3 is 30.9 Å². The fraction of sp³-hybridized carbons (Fsp3) is 0.737. The molecular weight excluding hydrogens is 430 g/mol. The lowest BCUT2D eigenvalue weighted by atomic mass is 10.1. The molecule has 31 heavy (non-hydrogen) atoms. The fourth-order valence-corrected chi connectivity index (χ4v) is 3.26. The van der Waals surface area contributed by atoms with Crippen LogP contribution < -0.4 is 16.4 Å². The third-order valence-electron chi connectivity index (χ3n) is 3.77. The Balaban J connectivity index is 4.84. The number of ether oxygens (including phenoxy) is 2. The molecule has 0 fully saturated rings. The summed E-state index contributed by atoms with van der Waals surface area (Å²) in [5.74, 6) is -3.28. The number of nitrogens with one attached hydrogen (secondary N) is 2. The van der Waals surface area contributed by atoms with E-state index in [1.165, 1.54) is 11.8 Å². The highest BCUT2D eigenvalue weighted by Crippen LogP contribution is 2.12. The van der Waals surface area contributed by atoms with Gasteiger partial charge in [-0.1, -0.05) is 6.92 Å². The molecule has 5 N–H and O–H groups in total. The number of carbonyl (C=O) groups is 5. The smallest absolute Gasteiger partial charge is 0.325 e. The third-order valence-corrected chi connectivity index (χ3v) is 5.07. The van der Waals surface area contributed by atoms with Gasteiger partial charge in [-0.3, -0.25) is 24.0 Å². The van der Waals surface area contributed by atoms with Crippen molar-refractivity contribution in [3.8, 4) is 0 Å². The minimum Gasteiger partial charge on any atom is -0.480 e. The van der Waals surface area contributed by atoms with Crippen molar-refractivity contribution in [1.82, 2.24) is 10.6 Å². The zero-order chi connectivity index (χ0) is 24.0. The van der Waals surface area contributed by atoms with Gasteiger partial charge in [0.05, 0.1) is 18.6 Å². The summed E-state index contributed by atoms with van der Waals surface area (Å²) in [6.07, 6.45) is -0.613. The molecule has 0 aliphatic rings. The van der Waals surface area contributed by atoms with Gasteiger partial charge in [-0.15, -0.1) is 0 Å². The third kappa shape index (κ3) is 13.6. The summed E-state index contributed by atoms with van der Waals surface area (Å²) in [5.41, 5.74) is 5.38. The number of amides is 2. The van der Waals surface area contributed by atoms with Gasteiger partial charge in [0.25, 0.3) is 0 Å². The van der Waals surface area contributed by atoms with Crippen molar-refractivity contribution in [1.29, 1.82) is 0 Å². The molecule has 0 radical (unpaired) electrons. The first-order valence-electron chi connectivity index (χ1n) is 9.97. The quantitative estimate of drug-likeness (QED) is 0.235. The first-order valence-corrected chi connectivity index (χ1v) is 11.1. The minimum absolute atomic E-state index is 0.0940. The summed E-state index contributed by atoms with van der Waals surface area (Å²) in [4.78, 5) is 58.7. The summed E-state index contributed by atoms with van der Waals surface area (Å²) in [6, 6.07) is -2.19. The molecule has 0 heterocycles. The Kier molecular flexibility index (Phi) is 14.3. The topological polar surface area (TPSA) is 174 Å². The number of thioether (sulfide) groups is 1. The molecule has 0 aliphatic carbocycles. The van der Waals surface area contributed by atoms with Gasteiger partial charge >= 0.3 is 17.9 Å². The van der Waals surface area contributed by atoms with Gasteiger partial charge in [0.2, 0.25) is 11.8 Å². The van der Waals surface area contributed by atoms with Crippen LogP contribution in [0.15, 0.2) is 0 Å². The van der Waals surface area contributed by atoms with Gasteiger partial charge in [0.1, 0.15) is 18.6 Å². The van der Waals surface area contributed by atoms with Crippen LogP contribution in [-0.2, 0) is 33.4 Å². The van der Waals surface area contributed by atoms with E-state index in [2.05, 4.69) is 10.6 Å². The van der Waals surface area contributed by atoms with Crippen molar-refractivity contribution in [3.63, 3.8) is 0 Å². The highest BCUT2D eigenvalue weighted by atomic mass is 32.2. The van der Waals surface area contributed by atoms with Crippen molar-refractivity contribution >= 4 is 41.5 Å². The molecule has 178 valence electrons. The van der Waals surface area contributed by atoms with Gasteiger partial charge in [-0.2, -0.15) is 11.8 Å². The van der Waals surface area contributed by atoms with Gasteiger partial charge in [-0.25, -0.2) is 0 Å². The summed E-state index contributed by atoms with van der Waals surface area (Å²) in [6.45, 7) is 6.64. The number of aliphatic carboxylic acids is 1. The average Bonchev–Trinajstić information content (AvgIpc) is 2.68. The number of rotatable bonds is 15. The lowest BCUT2D eigenvalue weighted by molar-refractivity contribution is -0.148. The van der Waals surface area contributed by atoms with E-state index in [9.17, 15) is 24.0 Å². The second-order valence-corrected chi connectivity index (χ2v) is 8.13. The molecule has 0 saturated heterocycles. The molecule has 0 aliphatic heterocycles. The van der Waals surface area contributed by atoms with E-state index in [0.717, 1.165) is 0 Å². The molecule has 3 unspecified atom stereocenters. The number of esters is 2. The molecule has 0 aromatic heterocycles. The van der Waals surface area contributed by atoms with Gasteiger partial charge in [-0.05, 0) is 27.2 Å². The Morgan fingerprint density at radius 1 is 1.10 bits per heavy atom. The maximum Gasteiger partial charge on any atom is 0.325 e. The predicted octanol–water partition coefficient (Wildman–Crippen LogP) is -0.336. The number of hydrogen-bond donors (Lipinski definition) is 4. The molecule has 2 amide bonds. The Hall–Kier alpha value is -2.34. The lowest BCUT2D eigenvalue weighted by Crippen LogP contribution is -2.50. The largest absolute Gasteiger partial charge is 0.480 e. The Morgan fingerprint density at radius 2 is 1.74 bits per heavy atom. The number of hydrogen-bond acceptors (Lipinski definition) is 9. The zero-order valence-electron chi connectivity index (χ0n) is 18.3. The zero-order valence-corrected chi connectivity index (χ0v) is 19.2. The van der Waals surface area contributed by atoms with Crippen LogP contribution in [0.25, 0.3) is 0 Å². The molecule has 11 nitrogen and oxygen atoms in total. The highest BCUT2D eigenvalue weighted by molar-refractivity contribution is 7.99. The van der Waals surface area contributed by atoms with Crippen molar-refractivity contribution < 1.29 is 38.6 Å². The molecule has 0 spiro atoms. The molecule has 12 heteroatoms. The molecule has 3 atom stereocenters. The number of carboxylic acids is 1. The van der Waals surface area contributed by atoms with Crippen LogP contribution in [0.2, 0.25) is 0 Å². The molecule has 0 bridgehead atoms. The molecule has 0 aromatic rings. The van der Waals surface area contributed by atoms with Crippen LogP contribution in [0, 0.1) is 5.92 Å². The fourth-order valence-electron chi connectivity index (χ4n) is 2.16. The van der Waals surface area contributed by atoms with E-state index in [0.29, 0.717) is 5.75 Å². The first kappa shape index (κ1) is 28.7. The lowest BCUT2D eigenvalue weighted by Gasteiger charge is -2.19. The van der Waals surface area contributed by atoms with Crippen molar-refractivity contribution in [2.75, 3.05) is 24.7 Å². The van der Waals surface area contributed by atoms with E-state index in [4.69, 9.17) is 20.3 Å². The minimum atomic E-state index is -1.23. The summed E-state index contributed by atoms with van der Waals surface area (Å²) in [5, 5.41) is 13.7. The van der Waals surface area contributed by atoms with Crippen molar-refractivity contribution in [3.05, 3.63) is 0 Å². The van der Waals surface area contributed by atoms with E-state index in [1.807, 2.05) is 0 Å². The summed E-state index contributed by atoms with van der Waals surface area (Å²) < 4.78 is 9.87. The highest BCUT2D eigenvalue weighted by Gasteiger charge is 2.24. The van der Waals surface area contributed by atoms with E-state index in [1.54, 1.807) is 27.7 Å². The molecular formula is C19H33N3O8S. The number of carbonyl (C=O) groups excluding carboxylic acids is 4. The monoisotopic (exact) mass is 463 g/mol. The second-order valence-electron chi connectivity index (χ2n) is 7.05. The molecule has 0 aromatic carbocycles. The Labute approximate surface area is 186 Å². The van der Waals surface area contributed by atoms with Crippen LogP contribution in [0.5, 0.6) is 0 Å². The average molecular weight is 464 g/mol. The standard InChI is InChI=1S/C19H33N3O8S/c1-5-29-19(28)12(4)9-31-10-14(17(25)21-8-16(24)30-11(2)3)22-15(23)7-6-13(20)18(26)27/h11-14H,5-10,20H2,1-4H3,(H,21,25)(H,22,23)(H,26,27). The maximum atomic E-state index is 12.5. The van der Waals surface area contributed by atoms with Crippen LogP contribution in [0.1, 0.15) is 40.5 Å². The number of carboxylic acid groups (broad SMARTS) is 1. The molecule has 0 saturated carbocycles. The van der Waals surface area contributed by atoms with Crippen molar-refractivity contribution in [2.45, 2.75) is 58.7 Å². The van der Waals surface area contributed by atoms with Crippen molar-refractivity contribution in [2.24, 2.45) is 11.7 Å². The van der Waals surface area contributed by atoms with Gasteiger partial charge in [0.15, 0.2) is 0 Å². The van der Waals surface area contributed by atoms with Crippen LogP contribution in [0.3, 0.4) is 0 Å². The normalized spacial score (nSPS) is 13.6. The number of nitrogens with two attached hydrogens (primary N) is 1. The van der Waals surface area contributed by atoms with Crippen LogP contribution in [0.4, 0.5) is 0 Å². The maximum absolute atomic E-state index is 12.5. The van der Waals surface area contributed by atoms with Crippen LogP contribution >= 0.6 is 11.8 Å². The van der Waals surface area contributed by atoms with E-state index in [-0.39, 0.29) is 43.8 Å².